The number of nitrogens with zero attached hydrogens (tertiary/aromatic N) is 4. The molecule has 0 aliphatic rings. The summed E-state index contributed by atoms with van der Waals surface area (Å²) >= 11 is 0. The Morgan fingerprint density at radius 2 is 1.78 bits per heavy atom. The average Bonchev–Trinajstić information content (AvgIpc) is 1.86. The van der Waals surface area contributed by atoms with E-state index in [0.29, 0.717) is 5.82 Å². The molecule has 3 radical (unpaired) electrons. The first-order valence-corrected chi connectivity index (χ1v) is 1.55. The molecule has 0 bridgehead atoms. The van der Waals surface area contributed by atoms with Crippen LogP contribution >= 0.6 is 0 Å². The van der Waals surface area contributed by atoms with Gasteiger partial charge in [-0.25, -0.2) is 0 Å². The Kier molecular flexibility index (Phi) is 20.1. The maximum Gasteiger partial charge on any atom is 0.00677 e. The van der Waals surface area contributed by atoms with Gasteiger partial charge in [0.2, 0.25) is 0 Å². The Morgan fingerprint density at radius 3 is 1.89 bits per heavy atom. The normalized spacial score (nSPS) is 5.89. The first-order chi connectivity index (χ1) is 2.89. The molecule has 0 atom stereocenters. The molecule has 1 aromatic heterocycles. The number of tetrazole rings is 1. The third-order valence-corrected chi connectivity index (χ3v) is 0.419. The summed E-state index contributed by atoms with van der Waals surface area (Å²) < 4.78 is 0. The molecule has 0 spiro atoms. The predicted molar refractivity (Wildman–Crippen MR) is 17.9 cm³/mol. The predicted octanol–water partition coefficient (Wildman–Crippen LogP) is -0.870. The van der Waals surface area contributed by atoms with Crippen molar-refractivity contribution in [2.24, 2.45) is 0 Å². The molecule has 9 heavy (non-hydrogen) atoms. The second-order valence-corrected chi connectivity index (χ2v) is 0.926. The van der Waals surface area contributed by atoms with Crippen molar-refractivity contribution >= 4 is 0 Å². The van der Waals surface area contributed by atoms with Crippen molar-refractivity contribution in [2.75, 3.05) is 0 Å². The number of hydrogen-bond donors (Lipinski definition) is 0. The fraction of sp³-hybridized carbons (Fsp3) is 0.500. The number of rotatable bonds is 0. The van der Waals surface area contributed by atoms with Gasteiger partial charge in [0, 0.05) is 104 Å². The molecule has 0 aliphatic carbocycles. The molecule has 1 heterocycles. The van der Waals surface area contributed by atoms with Gasteiger partial charge in [-0.15, -0.1) is 0 Å². The Morgan fingerprint density at radius 1 is 1.22 bits per heavy atom. The van der Waals surface area contributed by atoms with Gasteiger partial charge < -0.3 is 5.10 Å². The summed E-state index contributed by atoms with van der Waals surface area (Å²) in [4.78, 5) is 0. The second-order valence-electron chi connectivity index (χ2n) is 0.926. The van der Waals surface area contributed by atoms with E-state index in [-0.39, 0.29) is 98.1 Å². The van der Waals surface area contributed by atoms with Crippen molar-refractivity contribution in [3.05, 3.63) is 5.82 Å². The van der Waals surface area contributed by atoms with E-state index < -0.39 is 0 Å². The molecule has 0 aliphatic heterocycles. The van der Waals surface area contributed by atoms with Crippen molar-refractivity contribution in [3.8, 4) is 0 Å². The Balaban J connectivity index is -0.000000120. The van der Waals surface area contributed by atoms with Crippen LogP contribution in [0.25, 0.3) is 0 Å². The quantitative estimate of drug-likeness (QED) is 0.611. The van der Waals surface area contributed by atoms with Crippen LogP contribution in [-0.4, -0.2) is 15.5 Å². The van der Waals surface area contributed by atoms with Crippen LogP contribution in [0.1, 0.15) is 5.82 Å². The summed E-state index contributed by atoms with van der Waals surface area (Å²) in [7, 11) is 0. The van der Waals surface area contributed by atoms with Gasteiger partial charge in [-0.05, 0) is 6.92 Å². The SMILES string of the molecule is Cc1nnn[n-]1.[Y].[Y].[Y]. The Bertz CT molecular complexity index is 117. The van der Waals surface area contributed by atoms with Crippen molar-refractivity contribution in [1.29, 1.82) is 0 Å². The van der Waals surface area contributed by atoms with Crippen molar-refractivity contribution in [3.63, 3.8) is 0 Å². The minimum atomic E-state index is 0. The van der Waals surface area contributed by atoms with Gasteiger partial charge in [0.15, 0.2) is 0 Å². The van der Waals surface area contributed by atoms with Gasteiger partial charge in [-0.3, -0.25) is 10.3 Å². The van der Waals surface area contributed by atoms with E-state index in [1.54, 1.807) is 6.92 Å². The molecule has 0 fully saturated rings. The molecule has 41 valence electrons. The maximum atomic E-state index is 3.44. The second kappa shape index (κ2) is 10.4. The molecule has 1 rings (SSSR count). The monoisotopic (exact) mass is 350 g/mol. The number of aryl methyl sites for hydroxylation is 1. The van der Waals surface area contributed by atoms with Crippen LogP contribution in [0.4, 0.5) is 0 Å². The minimum absolute atomic E-state index is 0. The van der Waals surface area contributed by atoms with Gasteiger partial charge >= 0.3 is 0 Å². The molecular weight excluding hydrogens is 347 g/mol. The summed E-state index contributed by atoms with van der Waals surface area (Å²) in [5.74, 6) is 0.620. The van der Waals surface area contributed by atoms with Gasteiger partial charge in [0.25, 0.3) is 0 Å². The molecular formula is C2H3N4Y3-. The molecule has 4 nitrogen and oxygen atoms in total. The standard InChI is InChI=1S/C2H3N4.3Y/c1-2-3-5-6-4-2;;;/h1H3;;;/q-1;;;. The largest absolute Gasteiger partial charge is 0.336 e. The minimum Gasteiger partial charge on any atom is -0.336 e. The maximum absolute atomic E-state index is 3.44. The van der Waals surface area contributed by atoms with E-state index >= 15 is 0 Å². The summed E-state index contributed by atoms with van der Waals surface area (Å²) in [5.41, 5.74) is 0. The topological polar surface area (TPSA) is 52.8 Å². The van der Waals surface area contributed by atoms with Crippen LogP contribution < -0.4 is 5.10 Å². The van der Waals surface area contributed by atoms with Crippen molar-refractivity contribution in [1.82, 2.24) is 20.6 Å². The first kappa shape index (κ1) is 17.5. The zero-order valence-electron chi connectivity index (χ0n) is 5.02. The molecule has 0 N–H and O–H groups in total. The molecule has 0 amide bonds. The summed E-state index contributed by atoms with van der Waals surface area (Å²) in [5, 5.41) is 13.3. The Hall–Kier alpha value is 2.38. The van der Waals surface area contributed by atoms with Crippen LogP contribution in [0.5, 0.6) is 0 Å². The first-order valence-electron chi connectivity index (χ1n) is 1.55. The third-order valence-electron chi connectivity index (χ3n) is 0.419. The van der Waals surface area contributed by atoms with E-state index in [2.05, 4.69) is 20.6 Å². The van der Waals surface area contributed by atoms with Gasteiger partial charge in [-0.1, -0.05) is 0 Å². The Labute approximate surface area is 129 Å². The van der Waals surface area contributed by atoms with E-state index in [4.69, 9.17) is 0 Å². The van der Waals surface area contributed by atoms with Crippen molar-refractivity contribution < 1.29 is 98.1 Å². The van der Waals surface area contributed by atoms with E-state index in [1.165, 1.54) is 0 Å². The van der Waals surface area contributed by atoms with Gasteiger partial charge in [0.05, 0.1) is 0 Å². The van der Waals surface area contributed by atoms with E-state index in [0.717, 1.165) is 0 Å². The van der Waals surface area contributed by atoms with Crippen LogP contribution in [0.2, 0.25) is 0 Å². The molecule has 0 unspecified atom stereocenters. The summed E-state index contributed by atoms with van der Waals surface area (Å²) in [6.45, 7) is 1.74. The van der Waals surface area contributed by atoms with Crippen LogP contribution in [0.15, 0.2) is 0 Å². The average molecular weight is 350 g/mol. The molecule has 0 saturated carbocycles. The fourth-order valence-electron chi connectivity index (χ4n) is 0.189. The van der Waals surface area contributed by atoms with Crippen LogP contribution in [-0.2, 0) is 98.1 Å². The van der Waals surface area contributed by atoms with Gasteiger partial charge in [0.1, 0.15) is 0 Å². The zero-order valence-corrected chi connectivity index (χ0v) is 13.5. The van der Waals surface area contributed by atoms with Crippen molar-refractivity contribution in [2.45, 2.75) is 6.92 Å². The number of hydrogen-bond acceptors (Lipinski definition) is 3. The zero-order chi connectivity index (χ0) is 4.41. The smallest absolute Gasteiger partial charge is 0.00677 e. The van der Waals surface area contributed by atoms with Crippen LogP contribution in [0.3, 0.4) is 0 Å². The summed E-state index contributed by atoms with van der Waals surface area (Å²) in [6, 6.07) is 0. The summed E-state index contributed by atoms with van der Waals surface area (Å²) in [6.07, 6.45) is 0. The molecule has 1 aromatic rings. The molecule has 0 aromatic carbocycles. The molecule has 0 saturated heterocycles. The van der Waals surface area contributed by atoms with Crippen LogP contribution in [0, 0.1) is 6.92 Å². The van der Waals surface area contributed by atoms with E-state index in [1.807, 2.05) is 0 Å². The third kappa shape index (κ3) is 8.29. The van der Waals surface area contributed by atoms with Gasteiger partial charge in [-0.2, -0.15) is 5.21 Å². The van der Waals surface area contributed by atoms with E-state index in [9.17, 15) is 0 Å². The molecule has 7 heteroatoms. The fourth-order valence-corrected chi connectivity index (χ4v) is 0.189. The number of aromatic nitrogens is 4.